The summed E-state index contributed by atoms with van der Waals surface area (Å²) < 4.78 is 11.9. The van der Waals surface area contributed by atoms with E-state index in [1.807, 2.05) is 66.4 Å². The topological polar surface area (TPSA) is 87.0 Å². The Bertz CT molecular complexity index is 1510. The van der Waals surface area contributed by atoms with E-state index >= 15 is 0 Å². The van der Waals surface area contributed by atoms with Crippen LogP contribution in [0.3, 0.4) is 0 Å². The molecule has 3 aromatic carbocycles. The van der Waals surface area contributed by atoms with E-state index in [-0.39, 0.29) is 16.9 Å². The smallest absolute Gasteiger partial charge is 0.289 e. The highest BCUT2D eigenvalue weighted by molar-refractivity contribution is 9.10. The van der Waals surface area contributed by atoms with Crippen LogP contribution in [0, 0.1) is 6.92 Å². The van der Waals surface area contributed by atoms with E-state index in [1.54, 1.807) is 12.1 Å². The van der Waals surface area contributed by atoms with Crippen molar-refractivity contribution in [1.29, 1.82) is 0 Å². The second-order valence-corrected chi connectivity index (χ2v) is 10.5. The normalized spacial score (nSPS) is 13.3. The fraction of sp³-hybridized carbons (Fsp3) is 0.207. The molecule has 2 amide bonds. The van der Waals surface area contributed by atoms with E-state index < -0.39 is 0 Å². The van der Waals surface area contributed by atoms with Gasteiger partial charge in [0.15, 0.2) is 10.9 Å². The van der Waals surface area contributed by atoms with Crippen LogP contribution in [0.25, 0.3) is 11.0 Å². The van der Waals surface area contributed by atoms with Crippen LogP contribution in [0.1, 0.15) is 26.5 Å². The summed E-state index contributed by atoms with van der Waals surface area (Å²) in [5.41, 5.74) is 3.74. The molecular formula is C29H27BrN4O4S. The molecule has 0 atom stereocenters. The van der Waals surface area contributed by atoms with Crippen LogP contribution < -0.4 is 20.3 Å². The molecule has 1 aliphatic rings. The summed E-state index contributed by atoms with van der Waals surface area (Å²) in [6, 6.07) is 20.8. The number of aryl methyl sites for hydroxylation is 1. The van der Waals surface area contributed by atoms with Crippen molar-refractivity contribution in [3.63, 3.8) is 0 Å². The number of rotatable bonds is 5. The third kappa shape index (κ3) is 5.91. The van der Waals surface area contributed by atoms with Crippen molar-refractivity contribution < 1.29 is 18.7 Å². The Kier molecular flexibility index (Phi) is 7.85. The van der Waals surface area contributed by atoms with Gasteiger partial charge < -0.3 is 24.3 Å². The first-order valence-corrected chi connectivity index (χ1v) is 13.6. The number of fused-ring (bicyclic) bond motifs is 1. The molecule has 5 rings (SSSR count). The molecule has 1 aromatic heterocycles. The minimum atomic E-state index is -0.361. The lowest BCUT2D eigenvalue weighted by molar-refractivity contribution is 0.0717. The second-order valence-electron chi connectivity index (χ2n) is 9.19. The first kappa shape index (κ1) is 26.7. The van der Waals surface area contributed by atoms with E-state index in [2.05, 4.69) is 31.5 Å². The maximum absolute atomic E-state index is 12.9. The average molecular weight is 608 g/mol. The number of methoxy groups -OCH3 is 1. The highest BCUT2D eigenvalue weighted by Crippen LogP contribution is 2.28. The lowest BCUT2D eigenvalue weighted by Crippen LogP contribution is -2.48. The van der Waals surface area contributed by atoms with E-state index in [0.29, 0.717) is 43.3 Å². The standard InChI is InChI=1S/C29H27BrN4O4S/c1-18-15-20(30)17-23(26(18)37-2)27(35)32-29(39)31-21-7-9-22(10-8-21)33-11-13-34(14-12-33)28(36)25-16-19-5-3-4-6-24(19)38-25/h3-10,15-17H,11-14H2,1-2H3,(H2,31,32,35,39). The molecule has 1 fully saturated rings. The van der Waals surface area contributed by atoms with E-state index in [9.17, 15) is 9.59 Å². The van der Waals surface area contributed by atoms with Crippen molar-refractivity contribution in [1.82, 2.24) is 10.2 Å². The van der Waals surface area contributed by atoms with Gasteiger partial charge >= 0.3 is 0 Å². The van der Waals surface area contributed by atoms with Crippen LogP contribution in [0.4, 0.5) is 11.4 Å². The van der Waals surface area contributed by atoms with Gasteiger partial charge in [0.1, 0.15) is 11.3 Å². The zero-order valence-electron chi connectivity index (χ0n) is 21.5. The lowest BCUT2D eigenvalue weighted by Gasteiger charge is -2.35. The Hall–Kier alpha value is -3.89. The summed E-state index contributed by atoms with van der Waals surface area (Å²) in [5.74, 6) is 0.427. The second kappa shape index (κ2) is 11.5. The van der Waals surface area contributed by atoms with Gasteiger partial charge in [-0.05, 0) is 73.2 Å². The molecule has 0 bridgehead atoms. The van der Waals surface area contributed by atoms with Crippen molar-refractivity contribution in [2.24, 2.45) is 0 Å². The molecule has 2 heterocycles. The number of furan rings is 1. The van der Waals surface area contributed by atoms with E-state index in [4.69, 9.17) is 21.4 Å². The van der Waals surface area contributed by atoms with Gasteiger partial charge in [-0.15, -0.1) is 0 Å². The molecule has 0 unspecified atom stereocenters. The number of nitrogens with zero attached hydrogens (tertiary/aromatic N) is 2. The highest BCUT2D eigenvalue weighted by atomic mass is 79.9. The molecule has 0 aliphatic carbocycles. The number of halogens is 1. The number of para-hydroxylation sites is 1. The summed E-state index contributed by atoms with van der Waals surface area (Å²) in [4.78, 5) is 29.8. The number of ether oxygens (including phenoxy) is 1. The molecule has 2 N–H and O–H groups in total. The zero-order valence-corrected chi connectivity index (χ0v) is 23.9. The van der Waals surface area contributed by atoms with Crippen LogP contribution in [0.15, 0.2) is 75.6 Å². The number of anilines is 2. The van der Waals surface area contributed by atoms with Crippen LogP contribution in [-0.2, 0) is 0 Å². The zero-order chi connectivity index (χ0) is 27.5. The number of amides is 2. The first-order valence-electron chi connectivity index (χ1n) is 12.4. The van der Waals surface area contributed by atoms with Gasteiger partial charge in [0.05, 0.1) is 12.7 Å². The van der Waals surface area contributed by atoms with Gasteiger partial charge in [-0.1, -0.05) is 34.1 Å². The lowest BCUT2D eigenvalue weighted by atomic mass is 10.1. The third-order valence-corrected chi connectivity index (χ3v) is 7.27. The molecule has 0 spiro atoms. The van der Waals surface area contributed by atoms with Crippen LogP contribution in [-0.4, -0.2) is 55.1 Å². The molecular weight excluding hydrogens is 580 g/mol. The summed E-state index contributed by atoms with van der Waals surface area (Å²) in [6.45, 7) is 4.49. The summed E-state index contributed by atoms with van der Waals surface area (Å²) in [7, 11) is 1.53. The molecule has 10 heteroatoms. The summed E-state index contributed by atoms with van der Waals surface area (Å²) >= 11 is 8.78. The van der Waals surface area contributed by atoms with Gasteiger partial charge in [-0.2, -0.15) is 0 Å². The van der Waals surface area contributed by atoms with Gasteiger partial charge in [0.2, 0.25) is 0 Å². The van der Waals surface area contributed by atoms with Gasteiger partial charge in [0, 0.05) is 47.4 Å². The monoisotopic (exact) mass is 606 g/mol. The maximum Gasteiger partial charge on any atom is 0.289 e. The van der Waals surface area contributed by atoms with E-state index in [1.165, 1.54) is 7.11 Å². The minimum absolute atomic E-state index is 0.0865. The van der Waals surface area contributed by atoms with Crippen LogP contribution in [0.5, 0.6) is 5.75 Å². The molecule has 4 aromatic rings. The Morgan fingerprint density at radius 1 is 1.00 bits per heavy atom. The number of hydrogen-bond acceptors (Lipinski definition) is 6. The van der Waals surface area contributed by atoms with Crippen molar-refractivity contribution in [2.45, 2.75) is 6.92 Å². The number of benzene rings is 3. The van der Waals surface area contributed by atoms with E-state index in [0.717, 1.165) is 32.4 Å². The molecule has 200 valence electrons. The van der Waals surface area contributed by atoms with Crippen molar-refractivity contribution >= 4 is 67.4 Å². The summed E-state index contributed by atoms with van der Waals surface area (Å²) in [6.07, 6.45) is 0. The molecule has 39 heavy (non-hydrogen) atoms. The number of nitrogens with one attached hydrogen (secondary N) is 2. The van der Waals surface area contributed by atoms with Crippen LogP contribution in [0.2, 0.25) is 0 Å². The number of hydrogen-bond donors (Lipinski definition) is 2. The molecule has 8 nitrogen and oxygen atoms in total. The number of carbonyl (C=O) groups is 2. The fourth-order valence-corrected chi connectivity index (χ4v) is 5.45. The molecule has 0 saturated carbocycles. The quantitative estimate of drug-likeness (QED) is 0.286. The maximum atomic E-state index is 12.9. The summed E-state index contributed by atoms with van der Waals surface area (Å²) in [5, 5.41) is 6.88. The average Bonchev–Trinajstić information content (AvgIpc) is 3.37. The number of thiocarbonyl (C=S) groups is 1. The van der Waals surface area contributed by atoms with Crippen molar-refractivity contribution in [3.8, 4) is 5.75 Å². The Labute approximate surface area is 240 Å². The molecule has 0 radical (unpaired) electrons. The largest absolute Gasteiger partial charge is 0.496 e. The predicted molar refractivity (Wildman–Crippen MR) is 160 cm³/mol. The molecule has 1 aliphatic heterocycles. The van der Waals surface area contributed by atoms with Gasteiger partial charge in [-0.3, -0.25) is 14.9 Å². The van der Waals surface area contributed by atoms with Crippen LogP contribution >= 0.6 is 28.1 Å². The third-order valence-electron chi connectivity index (χ3n) is 6.61. The Morgan fingerprint density at radius 3 is 2.41 bits per heavy atom. The van der Waals surface area contributed by atoms with Gasteiger partial charge in [0.25, 0.3) is 11.8 Å². The molecule has 1 saturated heterocycles. The number of carbonyl (C=O) groups excluding carboxylic acids is 2. The first-order chi connectivity index (χ1) is 18.8. The Morgan fingerprint density at radius 2 is 1.72 bits per heavy atom. The predicted octanol–water partition coefficient (Wildman–Crippen LogP) is 5.60. The minimum Gasteiger partial charge on any atom is -0.496 e. The fourth-order valence-electron chi connectivity index (χ4n) is 4.67. The Balaban J connectivity index is 1.15. The number of piperazine rings is 1. The highest BCUT2D eigenvalue weighted by Gasteiger charge is 2.25. The van der Waals surface area contributed by atoms with Crippen molar-refractivity contribution in [2.75, 3.05) is 43.5 Å². The van der Waals surface area contributed by atoms with Crippen molar-refractivity contribution in [3.05, 3.63) is 88.1 Å². The van der Waals surface area contributed by atoms with Gasteiger partial charge in [-0.25, -0.2) is 0 Å². The SMILES string of the molecule is COc1c(C)cc(Br)cc1C(=O)NC(=S)Nc1ccc(N2CCN(C(=O)c3cc4ccccc4o3)CC2)cc1.